The molecule has 0 bridgehead atoms. The van der Waals surface area contributed by atoms with E-state index in [1.165, 1.54) is 7.11 Å². The molecule has 0 aliphatic heterocycles. The molecule has 3 N–H and O–H groups in total. The summed E-state index contributed by atoms with van der Waals surface area (Å²) in [5, 5.41) is 13.9. The zero-order valence-corrected chi connectivity index (χ0v) is 9.36. The standard InChI is InChI=1S/C10H18N2O4/c1-16-5-4-8(9(13)14)12-10(15)11-6-7-2-3-7/h7-8H,2-6H2,1H3,(H,13,14)(H2,11,12,15). The monoisotopic (exact) mass is 230 g/mol. The van der Waals surface area contributed by atoms with Crippen molar-refractivity contribution < 1.29 is 19.4 Å². The largest absolute Gasteiger partial charge is 0.480 e. The molecular formula is C10H18N2O4. The van der Waals surface area contributed by atoms with E-state index < -0.39 is 18.0 Å². The normalized spacial score (nSPS) is 16.6. The highest BCUT2D eigenvalue weighted by Crippen LogP contribution is 2.27. The van der Waals surface area contributed by atoms with Crippen molar-refractivity contribution in [2.45, 2.75) is 25.3 Å². The van der Waals surface area contributed by atoms with Crippen LogP contribution in [0.5, 0.6) is 0 Å². The Balaban J connectivity index is 2.22. The molecule has 16 heavy (non-hydrogen) atoms. The molecule has 0 heterocycles. The van der Waals surface area contributed by atoms with Crippen LogP contribution in [0.15, 0.2) is 0 Å². The summed E-state index contributed by atoms with van der Waals surface area (Å²) < 4.78 is 4.78. The van der Waals surface area contributed by atoms with Gasteiger partial charge in [-0.1, -0.05) is 0 Å². The van der Waals surface area contributed by atoms with E-state index in [2.05, 4.69) is 10.6 Å². The Morgan fingerprint density at radius 1 is 1.50 bits per heavy atom. The Morgan fingerprint density at radius 3 is 2.69 bits per heavy atom. The highest BCUT2D eigenvalue weighted by Gasteiger charge is 2.23. The van der Waals surface area contributed by atoms with Gasteiger partial charge in [0.1, 0.15) is 6.04 Å². The van der Waals surface area contributed by atoms with E-state index in [0.29, 0.717) is 19.1 Å². The van der Waals surface area contributed by atoms with Crippen molar-refractivity contribution >= 4 is 12.0 Å². The summed E-state index contributed by atoms with van der Waals surface area (Å²) in [4.78, 5) is 22.1. The van der Waals surface area contributed by atoms with Crippen molar-refractivity contribution in [1.29, 1.82) is 0 Å². The molecule has 6 heteroatoms. The van der Waals surface area contributed by atoms with E-state index in [1.54, 1.807) is 0 Å². The van der Waals surface area contributed by atoms with Gasteiger partial charge in [0.2, 0.25) is 0 Å². The maximum atomic E-state index is 11.3. The number of aliphatic carboxylic acids is 1. The van der Waals surface area contributed by atoms with Crippen molar-refractivity contribution in [2.75, 3.05) is 20.3 Å². The first kappa shape index (κ1) is 12.8. The van der Waals surface area contributed by atoms with E-state index >= 15 is 0 Å². The Hall–Kier alpha value is -1.30. The summed E-state index contributed by atoms with van der Waals surface area (Å²) in [6.45, 7) is 0.933. The number of hydrogen-bond acceptors (Lipinski definition) is 3. The van der Waals surface area contributed by atoms with Crippen LogP contribution in [0, 0.1) is 5.92 Å². The predicted octanol–water partition coefficient (Wildman–Crippen LogP) is 0.185. The third-order valence-electron chi connectivity index (χ3n) is 2.46. The molecule has 1 fully saturated rings. The van der Waals surface area contributed by atoms with Crippen molar-refractivity contribution in [1.82, 2.24) is 10.6 Å². The van der Waals surface area contributed by atoms with Gasteiger partial charge in [0.25, 0.3) is 0 Å². The third-order valence-corrected chi connectivity index (χ3v) is 2.46. The van der Waals surface area contributed by atoms with E-state index in [4.69, 9.17) is 9.84 Å². The maximum Gasteiger partial charge on any atom is 0.326 e. The van der Waals surface area contributed by atoms with Crippen molar-refractivity contribution in [3.8, 4) is 0 Å². The molecule has 1 aliphatic rings. The Morgan fingerprint density at radius 2 is 2.19 bits per heavy atom. The van der Waals surface area contributed by atoms with E-state index in [9.17, 15) is 9.59 Å². The molecule has 92 valence electrons. The second-order valence-electron chi connectivity index (χ2n) is 3.97. The van der Waals surface area contributed by atoms with Crippen LogP contribution in [-0.4, -0.2) is 43.4 Å². The number of rotatable bonds is 7. The van der Waals surface area contributed by atoms with Crippen LogP contribution in [0.2, 0.25) is 0 Å². The van der Waals surface area contributed by atoms with Crippen LogP contribution < -0.4 is 10.6 Å². The summed E-state index contributed by atoms with van der Waals surface area (Å²) >= 11 is 0. The fourth-order valence-corrected chi connectivity index (χ4v) is 1.26. The summed E-state index contributed by atoms with van der Waals surface area (Å²) in [7, 11) is 1.49. The predicted molar refractivity (Wildman–Crippen MR) is 57.2 cm³/mol. The van der Waals surface area contributed by atoms with Gasteiger partial charge in [0, 0.05) is 26.7 Å². The molecule has 1 aliphatic carbocycles. The zero-order valence-electron chi connectivity index (χ0n) is 9.36. The van der Waals surface area contributed by atoms with Gasteiger partial charge >= 0.3 is 12.0 Å². The molecule has 0 aromatic rings. The van der Waals surface area contributed by atoms with Crippen LogP contribution >= 0.6 is 0 Å². The highest BCUT2D eigenvalue weighted by molar-refractivity contribution is 5.82. The molecule has 2 amide bonds. The lowest BCUT2D eigenvalue weighted by Crippen LogP contribution is -2.46. The molecule has 0 aromatic carbocycles. The van der Waals surface area contributed by atoms with Crippen LogP contribution in [0.4, 0.5) is 4.79 Å². The van der Waals surface area contributed by atoms with E-state index in [0.717, 1.165) is 12.8 Å². The number of carboxylic acid groups (broad SMARTS) is 1. The molecule has 0 saturated heterocycles. The molecule has 0 radical (unpaired) electrons. The number of ether oxygens (including phenoxy) is 1. The van der Waals surface area contributed by atoms with Crippen molar-refractivity contribution in [3.63, 3.8) is 0 Å². The first-order valence-electron chi connectivity index (χ1n) is 5.39. The number of carbonyl (C=O) groups is 2. The number of carbonyl (C=O) groups excluding carboxylic acids is 1. The minimum Gasteiger partial charge on any atom is -0.480 e. The zero-order chi connectivity index (χ0) is 12.0. The summed E-state index contributed by atoms with van der Waals surface area (Å²) in [6, 6.07) is -1.31. The lowest BCUT2D eigenvalue weighted by atomic mass is 10.2. The fraction of sp³-hybridized carbons (Fsp3) is 0.800. The molecule has 1 rings (SSSR count). The average Bonchev–Trinajstić information content (AvgIpc) is 3.04. The second-order valence-corrected chi connectivity index (χ2v) is 3.97. The molecule has 6 nitrogen and oxygen atoms in total. The first-order chi connectivity index (χ1) is 7.63. The van der Waals surface area contributed by atoms with Crippen LogP contribution in [0.1, 0.15) is 19.3 Å². The number of nitrogens with one attached hydrogen (secondary N) is 2. The topological polar surface area (TPSA) is 87.7 Å². The SMILES string of the molecule is COCCC(NC(=O)NCC1CC1)C(=O)O. The van der Waals surface area contributed by atoms with Gasteiger partial charge < -0.3 is 20.5 Å². The highest BCUT2D eigenvalue weighted by atomic mass is 16.5. The number of carboxylic acids is 1. The summed E-state index contributed by atoms with van der Waals surface area (Å²) in [6.07, 6.45) is 2.56. The Labute approximate surface area is 94.3 Å². The minimum absolute atomic E-state index is 0.267. The third kappa shape index (κ3) is 4.97. The van der Waals surface area contributed by atoms with Gasteiger partial charge in [-0.25, -0.2) is 9.59 Å². The summed E-state index contributed by atoms with van der Waals surface area (Å²) in [5.41, 5.74) is 0. The van der Waals surface area contributed by atoms with Crippen molar-refractivity contribution in [3.05, 3.63) is 0 Å². The molecule has 1 unspecified atom stereocenters. The van der Waals surface area contributed by atoms with Crippen LogP contribution in [0.3, 0.4) is 0 Å². The molecule has 0 aromatic heterocycles. The average molecular weight is 230 g/mol. The summed E-state index contributed by atoms with van der Waals surface area (Å²) in [5.74, 6) is -0.466. The van der Waals surface area contributed by atoms with Crippen LogP contribution in [-0.2, 0) is 9.53 Å². The van der Waals surface area contributed by atoms with E-state index in [1.807, 2.05) is 0 Å². The molecular weight excluding hydrogens is 212 g/mol. The lowest BCUT2D eigenvalue weighted by Gasteiger charge is -2.14. The minimum atomic E-state index is -1.04. The number of methoxy groups -OCH3 is 1. The van der Waals surface area contributed by atoms with Gasteiger partial charge in [-0.15, -0.1) is 0 Å². The fourth-order valence-electron chi connectivity index (χ4n) is 1.26. The van der Waals surface area contributed by atoms with Gasteiger partial charge in [-0.05, 0) is 18.8 Å². The van der Waals surface area contributed by atoms with E-state index in [-0.39, 0.29) is 6.42 Å². The Kier molecular flexibility index (Phi) is 5.04. The second kappa shape index (κ2) is 6.32. The molecule has 1 atom stereocenters. The Bertz CT molecular complexity index is 253. The number of amides is 2. The first-order valence-corrected chi connectivity index (χ1v) is 5.39. The van der Waals surface area contributed by atoms with Gasteiger partial charge in [0.05, 0.1) is 0 Å². The van der Waals surface area contributed by atoms with Crippen LogP contribution in [0.25, 0.3) is 0 Å². The molecule has 0 spiro atoms. The smallest absolute Gasteiger partial charge is 0.326 e. The van der Waals surface area contributed by atoms with Gasteiger partial charge in [0.15, 0.2) is 0 Å². The quantitative estimate of drug-likeness (QED) is 0.582. The number of urea groups is 1. The number of hydrogen-bond donors (Lipinski definition) is 3. The van der Waals surface area contributed by atoms with Gasteiger partial charge in [-0.3, -0.25) is 0 Å². The van der Waals surface area contributed by atoms with Crippen molar-refractivity contribution in [2.24, 2.45) is 5.92 Å². The molecule has 1 saturated carbocycles. The van der Waals surface area contributed by atoms with Gasteiger partial charge in [-0.2, -0.15) is 0 Å². The lowest BCUT2D eigenvalue weighted by molar-refractivity contribution is -0.139. The maximum absolute atomic E-state index is 11.3.